The summed E-state index contributed by atoms with van der Waals surface area (Å²) in [6.07, 6.45) is 3.57. The summed E-state index contributed by atoms with van der Waals surface area (Å²) in [5, 5.41) is 2.91. The van der Waals surface area contributed by atoms with Gasteiger partial charge in [-0.25, -0.2) is 0 Å². The fourth-order valence-corrected chi connectivity index (χ4v) is 2.54. The maximum atomic E-state index is 12.1. The number of carbonyl (C=O) groups excluding carboxylic acids is 1. The van der Waals surface area contributed by atoms with Gasteiger partial charge < -0.3 is 15.8 Å². The Balaban J connectivity index is 1.78. The largest absolute Gasteiger partial charge is 0.489 e. The second-order valence-corrected chi connectivity index (χ2v) is 5.81. The van der Waals surface area contributed by atoms with Crippen molar-refractivity contribution in [2.24, 2.45) is 5.73 Å². The number of ether oxygens (including phenoxy) is 1. The number of benzene rings is 1. The molecule has 1 atom stereocenters. The number of hydrogen-bond donors (Lipinski definition) is 2. The Morgan fingerprint density at radius 1 is 1.35 bits per heavy atom. The third-order valence-corrected chi connectivity index (χ3v) is 3.86. The highest BCUT2D eigenvalue weighted by Crippen LogP contribution is 2.27. The van der Waals surface area contributed by atoms with Crippen LogP contribution >= 0.6 is 0 Å². The van der Waals surface area contributed by atoms with Gasteiger partial charge in [0.2, 0.25) is 5.91 Å². The molecule has 1 aromatic rings. The van der Waals surface area contributed by atoms with Crippen LogP contribution in [-0.2, 0) is 4.79 Å². The van der Waals surface area contributed by atoms with E-state index in [9.17, 15) is 4.79 Å². The highest BCUT2D eigenvalue weighted by molar-refractivity contribution is 5.86. The predicted molar refractivity (Wildman–Crippen MR) is 79.7 cm³/mol. The molecule has 1 amide bonds. The summed E-state index contributed by atoms with van der Waals surface area (Å²) in [5.41, 5.74) is 6.64. The maximum absolute atomic E-state index is 12.1. The molecule has 1 aliphatic rings. The second-order valence-electron chi connectivity index (χ2n) is 5.81. The van der Waals surface area contributed by atoms with Crippen molar-refractivity contribution in [1.82, 2.24) is 5.32 Å². The van der Waals surface area contributed by atoms with Gasteiger partial charge in [-0.3, -0.25) is 4.79 Å². The molecule has 4 heteroatoms. The minimum atomic E-state index is -0.663. The summed E-state index contributed by atoms with van der Waals surface area (Å²) in [5.74, 6) is 0.773. The smallest absolute Gasteiger partial charge is 0.240 e. The molecule has 0 saturated heterocycles. The Hall–Kier alpha value is -1.55. The quantitative estimate of drug-likeness (QED) is 0.866. The molecule has 1 unspecified atom stereocenters. The normalized spacial score (nSPS) is 18.6. The van der Waals surface area contributed by atoms with Crippen molar-refractivity contribution in [1.29, 1.82) is 0 Å². The molecule has 1 aromatic carbocycles. The van der Waals surface area contributed by atoms with Crippen molar-refractivity contribution >= 4 is 5.91 Å². The van der Waals surface area contributed by atoms with Crippen LogP contribution in [-0.4, -0.2) is 24.1 Å². The zero-order valence-electron chi connectivity index (χ0n) is 12.3. The number of amides is 1. The average Bonchev–Trinajstić information content (AvgIpc) is 2.87. The zero-order valence-corrected chi connectivity index (χ0v) is 12.3. The molecule has 0 heterocycles. The maximum Gasteiger partial charge on any atom is 0.240 e. The Labute approximate surface area is 120 Å². The first kappa shape index (κ1) is 14.9. The third-order valence-electron chi connectivity index (χ3n) is 3.86. The summed E-state index contributed by atoms with van der Waals surface area (Å²) in [4.78, 5) is 12.1. The van der Waals surface area contributed by atoms with E-state index in [1.165, 1.54) is 5.56 Å². The lowest BCUT2D eigenvalue weighted by Crippen LogP contribution is -2.53. The van der Waals surface area contributed by atoms with E-state index >= 15 is 0 Å². The van der Waals surface area contributed by atoms with Gasteiger partial charge in [-0.1, -0.05) is 30.5 Å². The number of rotatable bonds is 5. The molecule has 4 nitrogen and oxygen atoms in total. The van der Waals surface area contributed by atoms with Crippen molar-refractivity contribution in [3.8, 4) is 5.75 Å². The van der Waals surface area contributed by atoms with Gasteiger partial charge in [0.25, 0.3) is 0 Å². The highest BCUT2D eigenvalue weighted by atomic mass is 16.5. The SMILES string of the molecule is Cc1ccc(OC(C)CNC(=O)C2(N)CCCC2)cc1. The first-order valence-corrected chi connectivity index (χ1v) is 7.30. The summed E-state index contributed by atoms with van der Waals surface area (Å²) < 4.78 is 5.76. The van der Waals surface area contributed by atoms with E-state index in [1.54, 1.807) is 0 Å². The molecule has 0 aliphatic heterocycles. The Bertz CT molecular complexity index is 450. The van der Waals surface area contributed by atoms with Crippen molar-refractivity contribution in [3.05, 3.63) is 29.8 Å². The predicted octanol–water partition coefficient (Wildman–Crippen LogP) is 2.15. The molecule has 0 spiro atoms. The Kier molecular flexibility index (Phi) is 4.65. The number of aryl methyl sites for hydroxylation is 1. The number of carbonyl (C=O) groups is 1. The second kappa shape index (κ2) is 6.27. The van der Waals surface area contributed by atoms with Gasteiger partial charge in [0.1, 0.15) is 11.9 Å². The first-order valence-electron chi connectivity index (χ1n) is 7.30. The summed E-state index contributed by atoms with van der Waals surface area (Å²) >= 11 is 0. The van der Waals surface area contributed by atoms with Crippen LogP contribution in [0.2, 0.25) is 0 Å². The minimum Gasteiger partial charge on any atom is -0.489 e. The summed E-state index contributed by atoms with van der Waals surface area (Å²) in [7, 11) is 0. The van der Waals surface area contributed by atoms with Crippen molar-refractivity contribution < 1.29 is 9.53 Å². The van der Waals surface area contributed by atoms with Crippen LogP contribution in [0.25, 0.3) is 0 Å². The van der Waals surface area contributed by atoms with Gasteiger partial charge in [0.15, 0.2) is 0 Å². The van der Waals surface area contributed by atoms with E-state index < -0.39 is 5.54 Å². The molecule has 110 valence electrons. The molecule has 0 aromatic heterocycles. The molecule has 1 aliphatic carbocycles. The standard InChI is InChI=1S/C16H24N2O2/c1-12-5-7-14(8-6-12)20-13(2)11-18-15(19)16(17)9-3-4-10-16/h5-8,13H,3-4,9-11,17H2,1-2H3,(H,18,19). The number of nitrogens with one attached hydrogen (secondary N) is 1. The van der Waals surface area contributed by atoms with Gasteiger partial charge in [-0.2, -0.15) is 0 Å². The summed E-state index contributed by atoms with van der Waals surface area (Å²) in [6, 6.07) is 7.90. The Morgan fingerprint density at radius 2 is 1.95 bits per heavy atom. The van der Waals surface area contributed by atoms with Crippen LogP contribution in [0.3, 0.4) is 0 Å². The van der Waals surface area contributed by atoms with Crippen LogP contribution in [0.15, 0.2) is 24.3 Å². The molecular weight excluding hydrogens is 252 g/mol. The molecule has 1 fully saturated rings. The molecule has 0 bridgehead atoms. The van der Waals surface area contributed by atoms with Gasteiger partial charge in [-0.05, 0) is 38.8 Å². The lowest BCUT2D eigenvalue weighted by molar-refractivity contribution is -0.126. The minimum absolute atomic E-state index is 0.0469. The lowest BCUT2D eigenvalue weighted by Gasteiger charge is -2.24. The van der Waals surface area contributed by atoms with Crippen molar-refractivity contribution in [2.75, 3.05) is 6.54 Å². The van der Waals surface area contributed by atoms with E-state index in [1.807, 2.05) is 38.1 Å². The van der Waals surface area contributed by atoms with Crippen LogP contribution in [0.4, 0.5) is 0 Å². The van der Waals surface area contributed by atoms with E-state index in [2.05, 4.69) is 5.32 Å². The van der Waals surface area contributed by atoms with Crippen LogP contribution in [0.5, 0.6) is 5.75 Å². The lowest BCUT2D eigenvalue weighted by atomic mass is 9.98. The topological polar surface area (TPSA) is 64.3 Å². The fraction of sp³-hybridized carbons (Fsp3) is 0.562. The number of hydrogen-bond acceptors (Lipinski definition) is 3. The molecule has 0 radical (unpaired) electrons. The van der Waals surface area contributed by atoms with E-state index in [0.717, 1.165) is 31.4 Å². The number of nitrogens with two attached hydrogens (primary N) is 1. The Morgan fingerprint density at radius 3 is 2.55 bits per heavy atom. The van der Waals surface area contributed by atoms with Gasteiger partial charge in [-0.15, -0.1) is 0 Å². The fourth-order valence-electron chi connectivity index (χ4n) is 2.54. The molecular formula is C16H24N2O2. The monoisotopic (exact) mass is 276 g/mol. The van der Waals surface area contributed by atoms with Crippen LogP contribution in [0.1, 0.15) is 38.2 Å². The van der Waals surface area contributed by atoms with E-state index in [0.29, 0.717) is 6.54 Å². The van der Waals surface area contributed by atoms with Gasteiger partial charge in [0, 0.05) is 0 Å². The zero-order chi connectivity index (χ0) is 14.6. The van der Waals surface area contributed by atoms with Crippen LogP contribution in [0, 0.1) is 6.92 Å². The molecule has 20 heavy (non-hydrogen) atoms. The van der Waals surface area contributed by atoms with Crippen molar-refractivity contribution in [3.63, 3.8) is 0 Å². The molecule has 3 N–H and O–H groups in total. The molecule has 1 saturated carbocycles. The van der Waals surface area contributed by atoms with Gasteiger partial charge in [0.05, 0.1) is 12.1 Å². The van der Waals surface area contributed by atoms with Crippen molar-refractivity contribution in [2.45, 2.75) is 51.2 Å². The first-order chi connectivity index (χ1) is 9.49. The third kappa shape index (κ3) is 3.73. The summed E-state index contributed by atoms with van der Waals surface area (Å²) in [6.45, 7) is 4.46. The van der Waals surface area contributed by atoms with E-state index in [-0.39, 0.29) is 12.0 Å². The van der Waals surface area contributed by atoms with Gasteiger partial charge >= 0.3 is 0 Å². The molecule has 2 rings (SSSR count). The highest BCUT2D eigenvalue weighted by Gasteiger charge is 2.36. The average molecular weight is 276 g/mol. The van der Waals surface area contributed by atoms with E-state index in [4.69, 9.17) is 10.5 Å². The van der Waals surface area contributed by atoms with Crippen LogP contribution < -0.4 is 15.8 Å².